The molecule has 0 unspecified atom stereocenters. The third kappa shape index (κ3) is 133. The lowest BCUT2D eigenvalue weighted by Gasteiger charge is -1.86. The first-order valence-corrected chi connectivity index (χ1v) is 6.84. The van der Waals surface area contributed by atoms with Crippen LogP contribution >= 0.6 is 69.6 Å². The smallest absolute Gasteiger partial charge is 0.180 e. The SMILES string of the molecule is CCCCCC.ClC(Cl)Cl.ClC(Cl)Cl.O. The fourth-order valence-corrected chi connectivity index (χ4v) is 0.500. The normalized spacial score (nSPS) is 8.40. The molecule has 98 valence electrons. The van der Waals surface area contributed by atoms with Crippen LogP contribution in [0.5, 0.6) is 0 Å². The predicted octanol–water partition coefficient (Wildman–Crippen LogP) is 5.73. The summed E-state index contributed by atoms with van der Waals surface area (Å²) in [6.45, 7) is 4.46. The second-order valence-electron chi connectivity index (χ2n) is 2.20. The molecule has 1 nitrogen and oxygen atoms in total. The van der Waals surface area contributed by atoms with Gasteiger partial charge in [-0.25, -0.2) is 0 Å². The Hall–Kier alpha value is 1.70. The van der Waals surface area contributed by atoms with Crippen molar-refractivity contribution in [3.05, 3.63) is 0 Å². The number of rotatable bonds is 3. The van der Waals surface area contributed by atoms with E-state index < -0.39 is 8.59 Å². The van der Waals surface area contributed by atoms with E-state index in [1.54, 1.807) is 0 Å². The van der Waals surface area contributed by atoms with Gasteiger partial charge in [0.2, 0.25) is 0 Å². The summed E-state index contributed by atoms with van der Waals surface area (Å²) in [5.41, 5.74) is 0. The largest absolute Gasteiger partial charge is 0.412 e. The monoisotopic (exact) mass is 340 g/mol. The predicted molar refractivity (Wildman–Crippen MR) is 76.1 cm³/mol. The number of halogens is 6. The molecule has 0 rings (SSSR count). The van der Waals surface area contributed by atoms with Crippen molar-refractivity contribution in [2.45, 2.75) is 48.1 Å². The molecule has 0 aliphatic rings. The minimum Gasteiger partial charge on any atom is -0.412 e. The van der Waals surface area contributed by atoms with Crippen molar-refractivity contribution < 1.29 is 5.48 Å². The summed E-state index contributed by atoms with van der Waals surface area (Å²) >= 11 is 28.8. The van der Waals surface area contributed by atoms with Crippen molar-refractivity contribution in [1.82, 2.24) is 0 Å². The first-order valence-electron chi connectivity index (χ1n) is 4.22. The Morgan fingerprint density at radius 1 is 0.667 bits per heavy atom. The average Bonchev–Trinajstić information content (AvgIpc) is 1.98. The van der Waals surface area contributed by atoms with E-state index in [0.29, 0.717) is 0 Å². The van der Waals surface area contributed by atoms with Gasteiger partial charge >= 0.3 is 0 Å². The van der Waals surface area contributed by atoms with Crippen LogP contribution in [0.25, 0.3) is 0 Å². The summed E-state index contributed by atoms with van der Waals surface area (Å²) < 4.78 is -1.50. The lowest BCUT2D eigenvalue weighted by molar-refractivity contribution is 0.702. The maximum atomic E-state index is 4.81. The molecule has 0 fully saturated rings. The molecule has 0 aromatic heterocycles. The van der Waals surface area contributed by atoms with Crippen molar-refractivity contribution in [2.75, 3.05) is 0 Å². The lowest BCUT2D eigenvalue weighted by Crippen LogP contribution is -1.66. The van der Waals surface area contributed by atoms with Crippen molar-refractivity contribution in [3.8, 4) is 0 Å². The summed E-state index contributed by atoms with van der Waals surface area (Å²) in [5.74, 6) is 0. The molecule has 0 spiro atoms. The van der Waals surface area contributed by atoms with E-state index >= 15 is 0 Å². The van der Waals surface area contributed by atoms with E-state index in [-0.39, 0.29) is 5.48 Å². The van der Waals surface area contributed by atoms with Gasteiger partial charge in [0.25, 0.3) is 0 Å². The molecule has 0 bridgehead atoms. The van der Waals surface area contributed by atoms with E-state index in [1.165, 1.54) is 25.7 Å². The first-order chi connectivity index (χ1) is 6.38. The van der Waals surface area contributed by atoms with Crippen LogP contribution in [-0.2, 0) is 0 Å². The highest BCUT2D eigenvalue weighted by Gasteiger charge is 1.79. The van der Waals surface area contributed by atoms with Gasteiger partial charge in [-0.15, -0.1) is 0 Å². The maximum absolute atomic E-state index is 4.81. The van der Waals surface area contributed by atoms with Gasteiger partial charge in [0.05, 0.1) is 0 Å². The zero-order valence-electron chi connectivity index (χ0n) is 8.75. The molecule has 15 heavy (non-hydrogen) atoms. The molecule has 0 radical (unpaired) electrons. The Labute approximate surface area is 123 Å². The highest BCUT2D eigenvalue weighted by molar-refractivity contribution is 6.63. The Bertz CT molecular complexity index is 66.0. The minimum absolute atomic E-state index is 0. The molecule has 0 aromatic rings. The van der Waals surface area contributed by atoms with E-state index in [1.807, 2.05) is 0 Å². The van der Waals surface area contributed by atoms with E-state index in [4.69, 9.17) is 69.6 Å². The molecule has 0 heterocycles. The maximum Gasteiger partial charge on any atom is 0.180 e. The van der Waals surface area contributed by atoms with Crippen LogP contribution in [0, 0.1) is 0 Å². The zero-order valence-corrected chi connectivity index (χ0v) is 13.3. The van der Waals surface area contributed by atoms with Crippen LogP contribution in [0.3, 0.4) is 0 Å². The van der Waals surface area contributed by atoms with Gasteiger partial charge in [0.1, 0.15) is 0 Å². The molecule has 7 heteroatoms. The second kappa shape index (κ2) is 24.8. The van der Waals surface area contributed by atoms with Crippen molar-refractivity contribution >= 4 is 69.6 Å². The standard InChI is InChI=1S/C6H14.2CHCl3.H2O/c1-3-5-6-4-2;2*2-1(3)4;/h3-6H2,1-2H3;2*1H;1H2. The molecular weight excluding hydrogens is 325 g/mol. The second-order valence-corrected chi connectivity index (χ2v) is 6.16. The first kappa shape index (κ1) is 25.5. The van der Waals surface area contributed by atoms with Gasteiger partial charge in [-0.05, 0) is 0 Å². The van der Waals surface area contributed by atoms with Gasteiger partial charge in [-0.3, -0.25) is 0 Å². The van der Waals surface area contributed by atoms with Crippen LogP contribution in [0.15, 0.2) is 0 Å². The van der Waals surface area contributed by atoms with Gasteiger partial charge < -0.3 is 5.48 Å². The van der Waals surface area contributed by atoms with Gasteiger partial charge in [0, 0.05) is 0 Å². The fraction of sp³-hybridized carbons (Fsp3) is 1.00. The molecule has 0 aliphatic heterocycles. The van der Waals surface area contributed by atoms with Gasteiger partial charge in [0.15, 0.2) is 8.59 Å². The van der Waals surface area contributed by atoms with E-state index in [9.17, 15) is 0 Å². The highest BCUT2D eigenvalue weighted by atomic mass is 35.6. The fourth-order valence-electron chi connectivity index (χ4n) is 0.500. The molecule has 2 N–H and O–H groups in total. The topological polar surface area (TPSA) is 31.5 Å². The summed E-state index contributed by atoms with van der Waals surface area (Å²) in [5, 5.41) is 0. The molecule has 0 amide bonds. The minimum atomic E-state index is -0.750. The van der Waals surface area contributed by atoms with E-state index in [0.717, 1.165) is 0 Å². The van der Waals surface area contributed by atoms with Crippen LogP contribution in [0.2, 0.25) is 0 Å². The van der Waals surface area contributed by atoms with Gasteiger partial charge in [-0.1, -0.05) is 109 Å². The van der Waals surface area contributed by atoms with E-state index in [2.05, 4.69) is 13.8 Å². The molecular formula is C8H18Cl6O. The summed E-state index contributed by atoms with van der Waals surface area (Å²) in [7, 11) is 0. The van der Waals surface area contributed by atoms with Crippen LogP contribution in [0.4, 0.5) is 0 Å². The number of hydrogen-bond donors (Lipinski definition) is 0. The summed E-state index contributed by atoms with van der Waals surface area (Å²) in [6, 6.07) is 0. The zero-order chi connectivity index (χ0) is 12.0. The Morgan fingerprint density at radius 3 is 0.867 bits per heavy atom. The molecule has 0 saturated heterocycles. The molecule has 0 atom stereocenters. The third-order valence-electron chi connectivity index (χ3n) is 0.957. The molecule has 0 aliphatic carbocycles. The lowest BCUT2D eigenvalue weighted by atomic mass is 10.2. The van der Waals surface area contributed by atoms with Crippen LogP contribution in [0.1, 0.15) is 39.5 Å². The Kier molecular flexibility index (Phi) is 42.2. The average molecular weight is 343 g/mol. The number of alkyl halides is 6. The quantitative estimate of drug-likeness (QED) is 0.463. The summed E-state index contributed by atoms with van der Waals surface area (Å²) in [4.78, 5) is 0. The van der Waals surface area contributed by atoms with Crippen LogP contribution < -0.4 is 0 Å². The number of unbranched alkanes of at least 4 members (excludes halogenated alkanes) is 3. The van der Waals surface area contributed by atoms with Gasteiger partial charge in [-0.2, -0.15) is 0 Å². The Balaban J connectivity index is -0.0000000606. The van der Waals surface area contributed by atoms with Crippen molar-refractivity contribution in [2.24, 2.45) is 0 Å². The molecule has 0 saturated carbocycles. The highest BCUT2D eigenvalue weighted by Crippen LogP contribution is 2.04. The number of hydrogen-bond acceptors (Lipinski definition) is 0. The third-order valence-corrected chi connectivity index (χ3v) is 0.957. The summed E-state index contributed by atoms with van der Waals surface area (Å²) in [6.07, 6.45) is 5.54. The van der Waals surface area contributed by atoms with Crippen molar-refractivity contribution in [1.29, 1.82) is 0 Å². The molecule has 0 aromatic carbocycles. The van der Waals surface area contributed by atoms with Crippen LogP contribution in [-0.4, -0.2) is 14.1 Å². The van der Waals surface area contributed by atoms with Crippen molar-refractivity contribution in [3.63, 3.8) is 0 Å². The Morgan fingerprint density at radius 2 is 0.800 bits per heavy atom.